The van der Waals surface area contributed by atoms with Gasteiger partial charge in [-0.2, -0.15) is 0 Å². The first kappa shape index (κ1) is 19.7. The van der Waals surface area contributed by atoms with Gasteiger partial charge in [-0.1, -0.05) is 24.3 Å². The average Bonchev–Trinajstić information content (AvgIpc) is 2.73. The molecule has 2 aromatic carbocycles. The summed E-state index contributed by atoms with van der Waals surface area (Å²) in [5.41, 5.74) is 1.74. The van der Waals surface area contributed by atoms with Crippen LogP contribution in [0.2, 0.25) is 0 Å². The maximum absolute atomic E-state index is 12.6. The van der Waals surface area contributed by atoms with E-state index in [-0.39, 0.29) is 23.8 Å². The van der Waals surface area contributed by atoms with E-state index in [0.717, 1.165) is 11.1 Å². The van der Waals surface area contributed by atoms with Crippen molar-refractivity contribution < 1.29 is 28.5 Å². The van der Waals surface area contributed by atoms with Gasteiger partial charge in [-0.25, -0.2) is 0 Å². The molecule has 1 fully saturated rings. The lowest BCUT2D eigenvalue weighted by Crippen LogP contribution is -2.51. The number of benzene rings is 2. The fraction of sp³-hybridized carbons (Fsp3) is 0.364. The lowest BCUT2D eigenvalue weighted by Gasteiger charge is -2.49. The Morgan fingerprint density at radius 2 is 0.929 bits per heavy atom. The first-order chi connectivity index (χ1) is 13.5. The summed E-state index contributed by atoms with van der Waals surface area (Å²) in [6, 6.07) is 14.8. The number of hydrogen-bond donors (Lipinski definition) is 0. The minimum atomic E-state index is -0.490. The Morgan fingerprint density at radius 1 is 0.607 bits per heavy atom. The number of carbonyl (C=O) groups is 2. The van der Waals surface area contributed by atoms with Crippen molar-refractivity contribution in [2.24, 2.45) is 11.8 Å². The Morgan fingerprint density at radius 3 is 1.18 bits per heavy atom. The van der Waals surface area contributed by atoms with E-state index < -0.39 is 11.8 Å². The van der Waals surface area contributed by atoms with Gasteiger partial charge in [-0.05, 0) is 35.4 Å². The van der Waals surface area contributed by atoms with Crippen LogP contribution in [0.5, 0.6) is 11.5 Å². The normalized spacial score (nSPS) is 23.3. The second-order valence-electron chi connectivity index (χ2n) is 6.70. The van der Waals surface area contributed by atoms with E-state index in [4.69, 9.17) is 18.9 Å². The van der Waals surface area contributed by atoms with Gasteiger partial charge < -0.3 is 18.9 Å². The highest BCUT2D eigenvalue weighted by Gasteiger charge is 2.59. The predicted molar refractivity (Wildman–Crippen MR) is 102 cm³/mol. The Kier molecular flexibility index (Phi) is 5.87. The molecule has 0 radical (unpaired) electrons. The van der Waals surface area contributed by atoms with E-state index in [0.29, 0.717) is 11.5 Å². The molecule has 1 saturated carbocycles. The summed E-state index contributed by atoms with van der Waals surface area (Å²) in [7, 11) is 5.91. The number of ether oxygens (including phenoxy) is 4. The fourth-order valence-corrected chi connectivity index (χ4v) is 4.09. The van der Waals surface area contributed by atoms with E-state index in [1.807, 2.05) is 48.5 Å². The molecule has 28 heavy (non-hydrogen) atoms. The second kappa shape index (κ2) is 8.33. The monoisotopic (exact) mass is 384 g/mol. The van der Waals surface area contributed by atoms with Crippen LogP contribution in [-0.4, -0.2) is 40.4 Å². The Labute approximate surface area is 164 Å². The van der Waals surface area contributed by atoms with Crippen molar-refractivity contribution in [1.29, 1.82) is 0 Å². The first-order valence-electron chi connectivity index (χ1n) is 8.99. The summed E-state index contributed by atoms with van der Waals surface area (Å²) in [6.07, 6.45) is 0. The Bertz CT molecular complexity index is 748. The predicted octanol–water partition coefficient (Wildman–Crippen LogP) is 3.16. The van der Waals surface area contributed by atoms with E-state index in [2.05, 4.69) is 0 Å². The van der Waals surface area contributed by atoms with Gasteiger partial charge in [0.25, 0.3) is 0 Å². The van der Waals surface area contributed by atoms with Crippen LogP contribution >= 0.6 is 0 Å². The van der Waals surface area contributed by atoms with Crippen molar-refractivity contribution in [3.63, 3.8) is 0 Å². The number of carbonyl (C=O) groups excluding carboxylic acids is 2. The van der Waals surface area contributed by atoms with Crippen LogP contribution in [-0.2, 0) is 19.1 Å². The molecular formula is C22H24O6. The maximum atomic E-state index is 12.6. The number of rotatable bonds is 6. The summed E-state index contributed by atoms with van der Waals surface area (Å²) in [4.78, 5) is 25.3. The molecule has 0 aromatic heterocycles. The average molecular weight is 384 g/mol. The fourth-order valence-electron chi connectivity index (χ4n) is 4.09. The van der Waals surface area contributed by atoms with E-state index in [9.17, 15) is 9.59 Å². The summed E-state index contributed by atoms with van der Waals surface area (Å²) in [6.45, 7) is 0. The van der Waals surface area contributed by atoms with Gasteiger partial charge in [0.2, 0.25) is 0 Å². The molecule has 6 heteroatoms. The molecule has 3 rings (SSSR count). The lowest BCUT2D eigenvalue weighted by molar-refractivity contribution is -0.164. The summed E-state index contributed by atoms with van der Waals surface area (Å²) in [5.74, 6) is -0.927. The molecule has 0 bridgehead atoms. The van der Waals surface area contributed by atoms with Crippen LogP contribution in [0, 0.1) is 11.8 Å². The lowest BCUT2D eigenvalue weighted by atomic mass is 9.52. The third kappa shape index (κ3) is 3.42. The van der Waals surface area contributed by atoms with Crippen molar-refractivity contribution >= 4 is 11.9 Å². The van der Waals surface area contributed by atoms with Gasteiger partial charge in [0.1, 0.15) is 11.5 Å². The van der Waals surface area contributed by atoms with Crippen LogP contribution in [0.3, 0.4) is 0 Å². The van der Waals surface area contributed by atoms with Crippen LogP contribution in [0.4, 0.5) is 0 Å². The molecule has 0 saturated heterocycles. The minimum absolute atomic E-state index is 0.335. The van der Waals surface area contributed by atoms with Crippen molar-refractivity contribution in [3.8, 4) is 11.5 Å². The molecule has 0 N–H and O–H groups in total. The highest BCUT2D eigenvalue weighted by atomic mass is 16.5. The molecule has 6 nitrogen and oxygen atoms in total. The van der Waals surface area contributed by atoms with E-state index in [1.165, 1.54) is 14.2 Å². The van der Waals surface area contributed by atoms with Gasteiger partial charge in [-0.3, -0.25) is 9.59 Å². The van der Waals surface area contributed by atoms with Crippen molar-refractivity contribution in [2.45, 2.75) is 11.8 Å². The van der Waals surface area contributed by atoms with Gasteiger partial charge in [-0.15, -0.1) is 0 Å². The summed E-state index contributed by atoms with van der Waals surface area (Å²) >= 11 is 0. The summed E-state index contributed by atoms with van der Waals surface area (Å²) < 4.78 is 20.6. The minimum Gasteiger partial charge on any atom is -0.497 e. The third-order valence-electron chi connectivity index (χ3n) is 5.50. The largest absolute Gasteiger partial charge is 0.497 e. The van der Waals surface area contributed by atoms with Crippen LogP contribution in [0.15, 0.2) is 48.5 Å². The highest BCUT2D eigenvalue weighted by molar-refractivity contribution is 5.85. The SMILES string of the molecule is COC(=O)C1C(c2ccc(OC)cc2)C(C(=O)OC)C1c1ccc(OC)cc1. The zero-order valence-corrected chi connectivity index (χ0v) is 16.4. The number of esters is 2. The molecule has 0 amide bonds. The van der Waals surface area contributed by atoms with Gasteiger partial charge in [0.05, 0.1) is 40.3 Å². The topological polar surface area (TPSA) is 71.1 Å². The zero-order valence-electron chi connectivity index (χ0n) is 16.4. The third-order valence-corrected chi connectivity index (χ3v) is 5.50. The molecule has 1 aliphatic carbocycles. The Balaban J connectivity index is 2.03. The maximum Gasteiger partial charge on any atom is 0.309 e. The zero-order chi connectivity index (χ0) is 20.3. The highest BCUT2D eigenvalue weighted by Crippen LogP contribution is 2.58. The van der Waals surface area contributed by atoms with Gasteiger partial charge >= 0.3 is 11.9 Å². The van der Waals surface area contributed by atoms with Crippen LogP contribution < -0.4 is 9.47 Å². The smallest absolute Gasteiger partial charge is 0.309 e. The standard InChI is InChI=1S/C22H24O6/c1-25-15-9-5-13(6-10-15)17-19(21(23)27-3)18(20(17)22(24)28-4)14-7-11-16(26-2)12-8-14/h5-12,17-20H,1-4H3. The number of methoxy groups -OCH3 is 4. The van der Waals surface area contributed by atoms with Crippen LogP contribution in [0.1, 0.15) is 23.0 Å². The number of hydrogen-bond acceptors (Lipinski definition) is 6. The first-order valence-corrected chi connectivity index (χ1v) is 8.99. The molecule has 0 unspecified atom stereocenters. The van der Waals surface area contributed by atoms with Crippen LogP contribution in [0.25, 0.3) is 0 Å². The van der Waals surface area contributed by atoms with Gasteiger partial charge in [0, 0.05) is 11.8 Å². The van der Waals surface area contributed by atoms with Crippen molar-refractivity contribution in [3.05, 3.63) is 59.7 Å². The van der Waals surface area contributed by atoms with E-state index in [1.54, 1.807) is 14.2 Å². The molecule has 0 aliphatic heterocycles. The molecular weight excluding hydrogens is 360 g/mol. The van der Waals surface area contributed by atoms with Gasteiger partial charge in [0.15, 0.2) is 0 Å². The van der Waals surface area contributed by atoms with Crippen molar-refractivity contribution in [2.75, 3.05) is 28.4 Å². The quantitative estimate of drug-likeness (QED) is 0.713. The molecule has 2 aromatic rings. The molecule has 148 valence electrons. The summed E-state index contributed by atoms with van der Waals surface area (Å²) in [5, 5.41) is 0. The Hall–Kier alpha value is -3.02. The van der Waals surface area contributed by atoms with E-state index >= 15 is 0 Å². The molecule has 0 atom stereocenters. The molecule has 1 aliphatic rings. The second-order valence-corrected chi connectivity index (χ2v) is 6.70. The molecule has 0 heterocycles. The van der Waals surface area contributed by atoms with Crippen molar-refractivity contribution in [1.82, 2.24) is 0 Å². The molecule has 0 spiro atoms.